The minimum atomic E-state index is -0.297. The van der Waals surface area contributed by atoms with Crippen molar-refractivity contribution in [1.82, 2.24) is 19.2 Å². The number of likely N-dealkylation sites (tertiary alicyclic amines) is 1. The standard InChI is InChI=1S/C20H21FN4S/c1-15-8-10-16(11-9-15)25-19(17-6-2-3-7-18(17)21)22-24(20(25)26)14-23-12-4-5-13-23/h2-3,6-11H,4-5,12-14H2,1H3. The first kappa shape index (κ1) is 17.1. The van der Waals surface area contributed by atoms with Crippen molar-refractivity contribution >= 4 is 12.2 Å². The van der Waals surface area contributed by atoms with Gasteiger partial charge in [-0.05, 0) is 69.3 Å². The zero-order valence-electron chi connectivity index (χ0n) is 14.7. The molecule has 1 aliphatic heterocycles. The Labute approximate surface area is 157 Å². The van der Waals surface area contributed by atoms with E-state index in [9.17, 15) is 4.39 Å². The van der Waals surface area contributed by atoms with Crippen molar-refractivity contribution in [2.24, 2.45) is 0 Å². The van der Waals surface area contributed by atoms with Crippen LogP contribution in [-0.4, -0.2) is 32.3 Å². The van der Waals surface area contributed by atoms with Gasteiger partial charge in [0.25, 0.3) is 0 Å². The Morgan fingerprint density at radius 1 is 1.04 bits per heavy atom. The second-order valence-electron chi connectivity index (χ2n) is 6.72. The SMILES string of the molecule is Cc1ccc(-n2c(-c3ccccc3F)nn(CN3CCCC3)c2=S)cc1. The number of rotatable bonds is 4. The Balaban J connectivity index is 1.86. The molecule has 0 atom stereocenters. The van der Waals surface area contributed by atoms with Gasteiger partial charge in [0.1, 0.15) is 5.82 Å². The van der Waals surface area contributed by atoms with Crippen LogP contribution in [0.3, 0.4) is 0 Å². The van der Waals surface area contributed by atoms with E-state index >= 15 is 0 Å². The van der Waals surface area contributed by atoms with Crippen molar-refractivity contribution in [3.63, 3.8) is 0 Å². The minimum absolute atomic E-state index is 0.297. The summed E-state index contributed by atoms with van der Waals surface area (Å²) in [5, 5.41) is 4.70. The fourth-order valence-corrected chi connectivity index (χ4v) is 3.65. The van der Waals surface area contributed by atoms with E-state index in [4.69, 9.17) is 17.3 Å². The molecule has 1 fully saturated rings. The molecule has 0 bridgehead atoms. The molecule has 0 radical (unpaired) electrons. The highest BCUT2D eigenvalue weighted by atomic mass is 32.1. The van der Waals surface area contributed by atoms with Gasteiger partial charge in [-0.15, -0.1) is 5.10 Å². The fourth-order valence-electron chi connectivity index (χ4n) is 3.36. The zero-order valence-corrected chi connectivity index (χ0v) is 15.5. The number of aryl methyl sites for hydroxylation is 1. The average molecular weight is 368 g/mol. The molecular formula is C20H21FN4S. The van der Waals surface area contributed by atoms with Crippen molar-refractivity contribution in [3.8, 4) is 17.1 Å². The molecule has 4 rings (SSSR count). The summed E-state index contributed by atoms with van der Waals surface area (Å²) in [6.45, 7) is 4.78. The van der Waals surface area contributed by atoms with Crippen LogP contribution in [0.1, 0.15) is 18.4 Å². The van der Waals surface area contributed by atoms with Crippen LogP contribution >= 0.6 is 12.2 Å². The number of hydrogen-bond donors (Lipinski definition) is 0. The van der Waals surface area contributed by atoms with Crippen LogP contribution in [0.5, 0.6) is 0 Å². The van der Waals surface area contributed by atoms with E-state index in [1.807, 2.05) is 46.5 Å². The van der Waals surface area contributed by atoms with Gasteiger partial charge in [-0.2, -0.15) is 0 Å². The average Bonchev–Trinajstić information content (AvgIpc) is 3.26. The molecule has 0 aliphatic carbocycles. The predicted octanol–water partition coefficient (Wildman–Crippen LogP) is 4.57. The fraction of sp³-hybridized carbons (Fsp3) is 0.300. The molecule has 3 aromatic rings. The van der Waals surface area contributed by atoms with E-state index in [1.165, 1.54) is 18.9 Å². The Hall–Kier alpha value is -2.31. The van der Waals surface area contributed by atoms with E-state index in [0.717, 1.165) is 24.3 Å². The molecule has 1 aliphatic rings. The molecular weight excluding hydrogens is 347 g/mol. The van der Waals surface area contributed by atoms with Crippen molar-refractivity contribution in [1.29, 1.82) is 0 Å². The summed E-state index contributed by atoms with van der Waals surface area (Å²) in [4.78, 5) is 2.33. The third kappa shape index (κ3) is 3.22. The van der Waals surface area contributed by atoms with Gasteiger partial charge < -0.3 is 0 Å². The topological polar surface area (TPSA) is 26.0 Å². The molecule has 0 spiro atoms. The third-order valence-corrected chi connectivity index (χ3v) is 5.17. The van der Waals surface area contributed by atoms with E-state index in [2.05, 4.69) is 4.90 Å². The lowest BCUT2D eigenvalue weighted by Gasteiger charge is -2.13. The maximum atomic E-state index is 14.5. The van der Waals surface area contributed by atoms with Crippen LogP contribution in [0.2, 0.25) is 0 Å². The minimum Gasteiger partial charge on any atom is -0.284 e. The number of aromatic nitrogens is 3. The van der Waals surface area contributed by atoms with Gasteiger partial charge in [0.15, 0.2) is 5.82 Å². The number of benzene rings is 2. The molecule has 2 heterocycles. The lowest BCUT2D eigenvalue weighted by molar-refractivity contribution is 0.253. The van der Waals surface area contributed by atoms with Crippen LogP contribution < -0.4 is 0 Å². The largest absolute Gasteiger partial charge is 0.284 e. The van der Waals surface area contributed by atoms with E-state index in [-0.39, 0.29) is 5.82 Å². The Morgan fingerprint density at radius 3 is 2.42 bits per heavy atom. The molecule has 134 valence electrons. The lowest BCUT2D eigenvalue weighted by Crippen LogP contribution is -2.23. The number of halogens is 1. The molecule has 0 saturated carbocycles. The van der Waals surface area contributed by atoms with Gasteiger partial charge in [-0.1, -0.05) is 29.8 Å². The summed E-state index contributed by atoms with van der Waals surface area (Å²) in [5.74, 6) is 0.241. The maximum absolute atomic E-state index is 14.5. The van der Waals surface area contributed by atoms with E-state index in [0.29, 0.717) is 22.8 Å². The third-order valence-electron chi connectivity index (χ3n) is 4.78. The second-order valence-corrected chi connectivity index (χ2v) is 7.09. The van der Waals surface area contributed by atoms with Gasteiger partial charge in [-0.25, -0.2) is 9.07 Å². The molecule has 2 aromatic carbocycles. The second kappa shape index (κ2) is 7.13. The quantitative estimate of drug-likeness (QED) is 0.631. The van der Waals surface area contributed by atoms with Crippen LogP contribution in [0.25, 0.3) is 17.1 Å². The summed E-state index contributed by atoms with van der Waals surface area (Å²) in [6.07, 6.45) is 2.40. The Kier molecular flexibility index (Phi) is 4.70. The smallest absolute Gasteiger partial charge is 0.204 e. The zero-order chi connectivity index (χ0) is 18.1. The highest BCUT2D eigenvalue weighted by molar-refractivity contribution is 7.71. The van der Waals surface area contributed by atoms with Crippen LogP contribution in [0.4, 0.5) is 4.39 Å². The summed E-state index contributed by atoms with van der Waals surface area (Å²) in [6, 6.07) is 14.8. The summed E-state index contributed by atoms with van der Waals surface area (Å²) < 4.78 is 18.7. The van der Waals surface area contributed by atoms with Crippen molar-refractivity contribution in [2.75, 3.05) is 13.1 Å². The first-order valence-electron chi connectivity index (χ1n) is 8.87. The van der Waals surface area contributed by atoms with Gasteiger partial charge in [0, 0.05) is 5.69 Å². The Bertz CT molecular complexity index is 968. The first-order valence-corrected chi connectivity index (χ1v) is 9.28. The monoisotopic (exact) mass is 368 g/mol. The van der Waals surface area contributed by atoms with Crippen LogP contribution in [-0.2, 0) is 6.67 Å². The van der Waals surface area contributed by atoms with E-state index in [1.54, 1.807) is 12.1 Å². The Morgan fingerprint density at radius 2 is 1.73 bits per heavy atom. The van der Waals surface area contributed by atoms with Gasteiger partial charge in [-0.3, -0.25) is 9.47 Å². The molecule has 6 heteroatoms. The molecule has 4 nitrogen and oxygen atoms in total. The first-order chi connectivity index (χ1) is 12.6. The highest BCUT2D eigenvalue weighted by Crippen LogP contribution is 2.25. The maximum Gasteiger partial charge on any atom is 0.204 e. The normalized spacial score (nSPS) is 14.8. The van der Waals surface area contributed by atoms with Crippen molar-refractivity contribution in [2.45, 2.75) is 26.4 Å². The van der Waals surface area contributed by atoms with E-state index < -0.39 is 0 Å². The van der Waals surface area contributed by atoms with Crippen LogP contribution in [0, 0.1) is 17.5 Å². The molecule has 0 unspecified atom stereocenters. The molecule has 26 heavy (non-hydrogen) atoms. The van der Waals surface area contributed by atoms with Crippen molar-refractivity contribution in [3.05, 3.63) is 64.7 Å². The summed E-state index contributed by atoms with van der Waals surface area (Å²) >= 11 is 5.72. The summed E-state index contributed by atoms with van der Waals surface area (Å²) in [7, 11) is 0. The molecule has 1 saturated heterocycles. The summed E-state index contributed by atoms with van der Waals surface area (Å²) in [5.41, 5.74) is 2.52. The number of hydrogen-bond acceptors (Lipinski definition) is 3. The molecule has 1 aromatic heterocycles. The van der Waals surface area contributed by atoms with Gasteiger partial charge in [0.2, 0.25) is 4.77 Å². The molecule has 0 N–H and O–H groups in total. The van der Waals surface area contributed by atoms with Gasteiger partial charge in [0.05, 0.1) is 12.2 Å². The highest BCUT2D eigenvalue weighted by Gasteiger charge is 2.19. The van der Waals surface area contributed by atoms with Gasteiger partial charge >= 0.3 is 0 Å². The molecule has 0 amide bonds. The number of nitrogens with zero attached hydrogens (tertiary/aromatic N) is 4. The lowest BCUT2D eigenvalue weighted by atomic mass is 10.2. The van der Waals surface area contributed by atoms with Crippen LogP contribution in [0.15, 0.2) is 48.5 Å². The predicted molar refractivity (Wildman–Crippen MR) is 103 cm³/mol. The van der Waals surface area contributed by atoms with Crippen molar-refractivity contribution < 1.29 is 4.39 Å².